The van der Waals surface area contributed by atoms with E-state index in [9.17, 15) is 14.4 Å². The Morgan fingerprint density at radius 1 is 1.29 bits per heavy atom. The first-order valence-electron chi connectivity index (χ1n) is 6.81. The van der Waals surface area contributed by atoms with E-state index < -0.39 is 5.97 Å². The van der Waals surface area contributed by atoms with Gasteiger partial charge in [0.2, 0.25) is 11.8 Å². The summed E-state index contributed by atoms with van der Waals surface area (Å²) in [6, 6.07) is 9.12. The lowest BCUT2D eigenvalue weighted by molar-refractivity contribution is -0.142. The van der Waals surface area contributed by atoms with Gasteiger partial charge in [-0.2, -0.15) is 0 Å². The Hall–Kier alpha value is -2.37. The molecule has 0 aliphatic carbocycles. The van der Waals surface area contributed by atoms with Crippen LogP contribution in [0.3, 0.4) is 0 Å². The second-order valence-electron chi connectivity index (χ2n) is 4.88. The van der Waals surface area contributed by atoms with E-state index in [1.165, 1.54) is 7.11 Å². The summed E-state index contributed by atoms with van der Waals surface area (Å²) in [5.74, 6) is -0.675. The number of carbonyl (C=O) groups is 3. The first-order valence-corrected chi connectivity index (χ1v) is 6.81. The lowest BCUT2D eigenvalue weighted by Gasteiger charge is -2.17. The number of benzene rings is 1. The minimum atomic E-state index is -0.418. The quantitative estimate of drug-likeness (QED) is 0.816. The first-order chi connectivity index (χ1) is 10.1. The lowest BCUT2D eigenvalue weighted by Crippen LogP contribution is -2.37. The fourth-order valence-corrected chi connectivity index (χ4v) is 2.28. The van der Waals surface area contributed by atoms with E-state index >= 15 is 0 Å². The van der Waals surface area contributed by atoms with Crippen molar-refractivity contribution < 1.29 is 19.1 Å². The van der Waals surface area contributed by atoms with Crippen molar-refractivity contribution >= 4 is 23.5 Å². The molecule has 1 atom stereocenters. The summed E-state index contributed by atoms with van der Waals surface area (Å²) in [5.41, 5.74) is 0.828. The van der Waals surface area contributed by atoms with E-state index in [0.717, 1.165) is 5.69 Å². The van der Waals surface area contributed by atoms with Crippen LogP contribution in [0.5, 0.6) is 0 Å². The van der Waals surface area contributed by atoms with Gasteiger partial charge in [-0.3, -0.25) is 14.4 Å². The Bertz CT molecular complexity index is 530. The third-order valence-corrected chi connectivity index (χ3v) is 3.34. The Balaban J connectivity index is 1.85. The van der Waals surface area contributed by atoms with Crippen molar-refractivity contribution in [3.8, 4) is 0 Å². The van der Waals surface area contributed by atoms with Gasteiger partial charge in [0.1, 0.15) is 0 Å². The number of anilines is 1. The molecule has 2 amide bonds. The zero-order valence-electron chi connectivity index (χ0n) is 11.9. The van der Waals surface area contributed by atoms with Crippen LogP contribution in [0.1, 0.15) is 19.3 Å². The molecule has 1 heterocycles. The van der Waals surface area contributed by atoms with Crippen LogP contribution in [-0.2, 0) is 19.1 Å². The molecule has 1 N–H and O–H groups in total. The number of para-hydroxylation sites is 1. The van der Waals surface area contributed by atoms with E-state index in [-0.39, 0.29) is 37.1 Å². The number of hydrogen-bond acceptors (Lipinski definition) is 4. The number of hydrogen-bond donors (Lipinski definition) is 1. The standard InChI is InChI=1S/C15H18N2O4/c1-21-15(20)8-7-13(18)16-11-9-14(19)17(10-11)12-5-3-2-4-6-12/h2-6,11H,7-10H2,1H3,(H,16,18). The van der Waals surface area contributed by atoms with E-state index in [1.807, 2.05) is 30.3 Å². The average Bonchev–Trinajstić information content (AvgIpc) is 2.86. The molecule has 0 bridgehead atoms. The van der Waals surface area contributed by atoms with Gasteiger partial charge >= 0.3 is 5.97 Å². The first kappa shape index (κ1) is 15.0. The van der Waals surface area contributed by atoms with E-state index in [2.05, 4.69) is 10.1 Å². The summed E-state index contributed by atoms with van der Waals surface area (Å²) in [7, 11) is 1.29. The van der Waals surface area contributed by atoms with E-state index in [0.29, 0.717) is 6.54 Å². The van der Waals surface area contributed by atoms with Crippen LogP contribution in [0, 0.1) is 0 Å². The van der Waals surface area contributed by atoms with Crippen molar-refractivity contribution in [3.05, 3.63) is 30.3 Å². The summed E-state index contributed by atoms with van der Waals surface area (Å²) in [6.45, 7) is 0.451. The Labute approximate surface area is 123 Å². The summed E-state index contributed by atoms with van der Waals surface area (Å²) >= 11 is 0. The fraction of sp³-hybridized carbons (Fsp3) is 0.400. The van der Waals surface area contributed by atoms with Crippen molar-refractivity contribution in [1.82, 2.24) is 5.32 Å². The third kappa shape index (κ3) is 4.05. The molecular formula is C15H18N2O4. The largest absolute Gasteiger partial charge is 0.469 e. The Kier molecular flexibility index (Phi) is 4.92. The van der Waals surface area contributed by atoms with E-state index in [4.69, 9.17) is 0 Å². The number of esters is 1. The minimum Gasteiger partial charge on any atom is -0.469 e. The predicted molar refractivity (Wildman–Crippen MR) is 76.6 cm³/mol. The van der Waals surface area contributed by atoms with Crippen LogP contribution >= 0.6 is 0 Å². The maximum atomic E-state index is 12.0. The summed E-state index contributed by atoms with van der Waals surface area (Å²) < 4.78 is 4.48. The van der Waals surface area contributed by atoms with Gasteiger partial charge in [-0.25, -0.2) is 0 Å². The topological polar surface area (TPSA) is 75.7 Å². The van der Waals surface area contributed by atoms with Gasteiger partial charge in [-0.05, 0) is 12.1 Å². The number of nitrogens with one attached hydrogen (secondary N) is 1. The van der Waals surface area contributed by atoms with Gasteiger partial charge < -0.3 is 15.0 Å². The predicted octanol–water partition coefficient (Wildman–Crippen LogP) is 0.861. The highest BCUT2D eigenvalue weighted by Gasteiger charge is 2.31. The van der Waals surface area contributed by atoms with Crippen LogP contribution < -0.4 is 10.2 Å². The van der Waals surface area contributed by atoms with Crippen molar-refractivity contribution in [1.29, 1.82) is 0 Å². The summed E-state index contributed by atoms with van der Waals surface area (Å²) in [4.78, 5) is 36.3. The van der Waals surface area contributed by atoms with Crippen molar-refractivity contribution in [2.45, 2.75) is 25.3 Å². The van der Waals surface area contributed by atoms with Gasteiger partial charge in [0.15, 0.2) is 0 Å². The van der Waals surface area contributed by atoms with Crippen molar-refractivity contribution in [3.63, 3.8) is 0 Å². The molecule has 2 rings (SSSR count). The highest BCUT2D eigenvalue weighted by Crippen LogP contribution is 2.21. The van der Waals surface area contributed by atoms with Crippen LogP contribution in [-0.4, -0.2) is 37.5 Å². The smallest absolute Gasteiger partial charge is 0.306 e. The SMILES string of the molecule is COC(=O)CCC(=O)NC1CC(=O)N(c2ccccc2)C1. The number of ether oxygens (including phenoxy) is 1. The van der Waals surface area contributed by atoms with Crippen LogP contribution in [0.15, 0.2) is 30.3 Å². The van der Waals surface area contributed by atoms with Gasteiger partial charge in [0.25, 0.3) is 0 Å². The molecule has 1 aliphatic rings. The van der Waals surface area contributed by atoms with Gasteiger partial charge in [0, 0.05) is 25.1 Å². The molecule has 1 aromatic carbocycles. The molecule has 1 aliphatic heterocycles. The molecular weight excluding hydrogens is 272 g/mol. The molecule has 1 unspecified atom stereocenters. The lowest BCUT2D eigenvalue weighted by atomic mass is 10.2. The van der Waals surface area contributed by atoms with Gasteiger partial charge in [-0.1, -0.05) is 18.2 Å². The molecule has 6 nitrogen and oxygen atoms in total. The van der Waals surface area contributed by atoms with Crippen molar-refractivity contribution in [2.75, 3.05) is 18.6 Å². The number of amides is 2. The number of rotatable bonds is 5. The normalized spacial score (nSPS) is 17.7. The molecule has 0 spiro atoms. The van der Waals surface area contributed by atoms with Gasteiger partial charge in [0.05, 0.1) is 19.6 Å². The molecule has 1 aromatic rings. The molecule has 6 heteroatoms. The van der Waals surface area contributed by atoms with Crippen LogP contribution in [0.25, 0.3) is 0 Å². The van der Waals surface area contributed by atoms with Crippen LogP contribution in [0.4, 0.5) is 5.69 Å². The zero-order chi connectivity index (χ0) is 15.2. The number of nitrogens with zero attached hydrogens (tertiary/aromatic N) is 1. The molecule has 0 aromatic heterocycles. The van der Waals surface area contributed by atoms with Crippen LogP contribution in [0.2, 0.25) is 0 Å². The molecule has 1 fully saturated rings. The second-order valence-corrected chi connectivity index (χ2v) is 4.88. The monoisotopic (exact) mass is 290 g/mol. The molecule has 112 valence electrons. The fourth-order valence-electron chi connectivity index (χ4n) is 2.28. The Morgan fingerprint density at radius 3 is 2.67 bits per heavy atom. The minimum absolute atomic E-state index is 0.0144. The highest BCUT2D eigenvalue weighted by molar-refractivity contribution is 5.96. The van der Waals surface area contributed by atoms with Gasteiger partial charge in [-0.15, -0.1) is 0 Å². The molecule has 1 saturated heterocycles. The Morgan fingerprint density at radius 2 is 2.00 bits per heavy atom. The number of carbonyl (C=O) groups excluding carboxylic acids is 3. The number of methoxy groups -OCH3 is 1. The van der Waals surface area contributed by atoms with E-state index in [1.54, 1.807) is 4.90 Å². The maximum Gasteiger partial charge on any atom is 0.306 e. The summed E-state index contributed by atoms with van der Waals surface area (Å²) in [6.07, 6.45) is 0.396. The zero-order valence-corrected chi connectivity index (χ0v) is 11.9. The second kappa shape index (κ2) is 6.88. The van der Waals surface area contributed by atoms with Crippen molar-refractivity contribution in [2.24, 2.45) is 0 Å². The molecule has 0 saturated carbocycles. The maximum absolute atomic E-state index is 12.0. The average molecular weight is 290 g/mol. The third-order valence-electron chi connectivity index (χ3n) is 3.34. The summed E-state index contributed by atoms with van der Waals surface area (Å²) in [5, 5.41) is 2.78. The highest BCUT2D eigenvalue weighted by atomic mass is 16.5. The molecule has 0 radical (unpaired) electrons. The molecule has 21 heavy (non-hydrogen) atoms.